The molecule has 2 heterocycles. The minimum atomic E-state index is 0.824. The van der Waals surface area contributed by atoms with E-state index in [1.807, 2.05) is 30.3 Å². The number of dihydropyridines is 1. The van der Waals surface area contributed by atoms with Gasteiger partial charge < -0.3 is 5.32 Å². The monoisotopic (exact) mass is 258 g/mol. The lowest BCUT2D eigenvalue weighted by molar-refractivity contribution is 0.999. The zero-order valence-corrected chi connectivity index (χ0v) is 11.0. The van der Waals surface area contributed by atoms with Crippen LogP contribution in [0.1, 0.15) is 16.7 Å². The summed E-state index contributed by atoms with van der Waals surface area (Å²) in [5.41, 5.74) is 5.41. The van der Waals surface area contributed by atoms with Gasteiger partial charge in [-0.05, 0) is 35.4 Å². The standard InChI is InChI=1S/C18H14N2/c1-2-14-5-3-6-16(13-14)18-17(7-4-10-20-18)15-8-11-19-12-9-15/h1,3-9,11-13,20H,10H2. The van der Waals surface area contributed by atoms with Gasteiger partial charge in [0.05, 0.1) is 0 Å². The maximum absolute atomic E-state index is 5.49. The van der Waals surface area contributed by atoms with Crippen LogP contribution in [0.15, 0.2) is 60.9 Å². The maximum Gasteiger partial charge on any atom is 0.0496 e. The minimum absolute atomic E-state index is 0.824. The van der Waals surface area contributed by atoms with Gasteiger partial charge in [0.2, 0.25) is 0 Å². The highest BCUT2D eigenvalue weighted by Crippen LogP contribution is 2.27. The van der Waals surface area contributed by atoms with E-state index in [0.717, 1.165) is 34.5 Å². The van der Waals surface area contributed by atoms with Gasteiger partial charge in [-0.15, -0.1) is 6.42 Å². The van der Waals surface area contributed by atoms with Crippen molar-refractivity contribution < 1.29 is 0 Å². The zero-order valence-electron chi connectivity index (χ0n) is 11.0. The van der Waals surface area contributed by atoms with Gasteiger partial charge in [0.1, 0.15) is 0 Å². The summed E-state index contributed by atoms with van der Waals surface area (Å²) >= 11 is 0. The molecule has 0 saturated carbocycles. The molecule has 0 atom stereocenters. The number of nitrogens with zero attached hydrogens (tertiary/aromatic N) is 1. The molecule has 0 saturated heterocycles. The third-order valence-electron chi connectivity index (χ3n) is 3.26. The van der Waals surface area contributed by atoms with E-state index in [9.17, 15) is 0 Å². The second-order valence-electron chi connectivity index (χ2n) is 4.53. The summed E-state index contributed by atoms with van der Waals surface area (Å²) in [7, 11) is 0. The molecule has 0 aliphatic carbocycles. The number of pyridine rings is 1. The Labute approximate surface area is 118 Å². The predicted molar refractivity (Wildman–Crippen MR) is 82.6 cm³/mol. The third-order valence-corrected chi connectivity index (χ3v) is 3.26. The van der Waals surface area contributed by atoms with Crippen LogP contribution in [0.3, 0.4) is 0 Å². The Morgan fingerprint density at radius 2 is 1.95 bits per heavy atom. The molecule has 1 aromatic heterocycles. The Hall–Kier alpha value is -2.79. The van der Waals surface area contributed by atoms with E-state index in [4.69, 9.17) is 6.42 Å². The summed E-state index contributed by atoms with van der Waals surface area (Å²) in [6.07, 6.45) is 13.4. The van der Waals surface area contributed by atoms with Crippen LogP contribution in [0.2, 0.25) is 0 Å². The number of aromatic nitrogens is 1. The first-order valence-corrected chi connectivity index (χ1v) is 6.50. The van der Waals surface area contributed by atoms with Crippen molar-refractivity contribution in [2.24, 2.45) is 0 Å². The summed E-state index contributed by atoms with van der Waals surface area (Å²) in [5, 5.41) is 3.44. The number of allylic oxidation sites excluding steroid dienone is 2. The van der Waals surface area contributed by atoms with E-state index >= 15 is 0 Å². The largest absolute Gasteiger partial charge is 0.381 e. The second kappa shape index (κ2) is 5.46. The summed E-state index contributed by atoms with van der Waals surface area (Å²) in [6.45, 7) is 0.824. The van der Waals surface area contributed by atoms with Gasteiger partial charge in [-0.2, -0.15) is 0 Å². The fourth-order valence-corrected chi connectivity index (χ4v) is 2.31. The molecule has 0 spiro atoms. The first kappa shape index (κ1) is 12.3. The van der Waals surface area contributed by atoms with Crippen molar-refractivity contribution in [3.8, 4) is 12.3 Å². The van der Waals surface area contributed by atoms with Crippen molar-refractivity contribution in [2.45, 2.75) is 0 Å². The van der Waals surface area contributed by atoms with Crippen LogP contribution < -0.4 is 5.32 Å². The smallest absolute Gasteiger partial charge is 0.0496 e. The molecule has 0 radical (unpaired) electrons. The second-order valence-corrected chi connectivity index (χ2v) is 4.53. The van der Waals surface area contributed by atoms with Gasteiger partial charge in [-0.1, -0.05) is 30.2 Å². The molecule has 96 valence electrons. The molecule has 2 nitrogen and oxygen atoms in total. The van der Waals surface area contributed by atoms with Crippen molar-refractivity contribution in [2.75, 3.05) is 6.54 Å². The lowest BCUT2D eigenvalue weighted by Crippen LogP contribution is -2.17. The molecule has 1 N–H and O–H groups in total. The fourth-order valence-electron chi connectivity index (χ4n) is 2.31. The Bertz CT molecular complexity index is 719. The predicted octanol–water partition coefficient (Wildman–Crippen LogP) is 3.09. The normalized spacial score (nSPS) is 13.8. The summed E-state index contributed by atoms with van der Waals surface area (Å²) < 4.78 is 0. The van der Waals surface area contributed by atoms with Crippen LogP contribution in [0, 0.1) is 12.3 Å². The van der Waals surface area contributed by atoms with Crippen LogP contribution in [-0.4, -0.2) is 11.5 Å². The molecular weight excluding hydrogens is 244 g/mol. The Morgan fingerprint density at radius 1 is 1.10 bits per heavy atom. The van der Waals surface area contributed by atoms with E-state index in [1.165, 1.54) is 0 Å². The average molecular weight is 258 g/mol. The van der Waals surface area contributed by atoms with Crippen molar-refractivity contribution in [1.82, 2.24) is 10.3 Å². The van der Waals surface area contributed by atoms with Crippen molar-refractivity contribution in [3.05, 3.63) is 77.6 Å². The highest BCUT2D eigenvalue weighted by Gasteiger charge is 2.12. The first-order chi connectivity index (χ1) is 9.88. The average Bonchev–Trinajstić information content (AvgIpc) is 2.56. The summed E-state index contributed by atoms with van der Waals surface area (Å²) in [4.78, 5) is 4.07. The van der Waals surface area contributed by atoms with Crippen LogP contribution in [-0.2, 0) is 0 Å². The number of hydrogen-bond acceptors (Lipinski definition) is 2. The molecule has 2 heteroatoms. The molecule has 2 aromatic rings. The highest BCUT2D eigenvalue weighted by molar-refractivity contribution is 5.95. The lowest BCUT2D eigenvalue weighted by atomic mass is 9.97. The Morgan fingerprint density at radius 3 is 2.75 bits per heavy atom. The first-order valence-electron chi connectivity index (χ1n) is 6.50. The lowest BCUT2D eigenvalue weighted by Gasteiger charge is -2.19. The third kappa shape index (κ3) is 2.34. The fraction of sp³-hybridized carbons (Fsp3) is 0.0556. The maximum atomic E-state index is 5.49. The molecule has 1 aliphatic heterocycles. The van der Waals surface area contributed by atoms with Crippen molar-refractivity contribution in [1.29, 1.82) is 0 Å². The molecule has 0 bridgehead atoms. The van der Waals surface area contributed by atoms with Gasteiger partial charge in [-0.25, -0.2) is 0 Å². The highest BCUT2D eigenvalue weighted by atomic mass is 14.9. The van der Waals surface area contributed by atoms with E-state index in [0.29, 0.717) is 0 Å². The number of terminal acetylenes is 1. The van der Waals surface area contributed by atoms with Gasteiger partial charge in [0, 0.05) is 35.8 Å². The molecular formula is C18H14N2. The van der Waals surface area contributed by atoms with Gasteiger partial charge >= 0.3 is 0 Å². The van der Waals surface area contributed by atoms with E-state index in [-0.39, 0.29) is 0 Å². The van der Waals surface area contributed by atoms with Gasteiger partial charge in [0.15, 0.2) is 0 Å². The van der Waals surface area contributed by atoms with E-state index < -0.39 is 0 Å². The zero-order chi connectivity index (χ0) is 13.8. The van der Waals surface area contributed by atoms with Crippen LogP contribution >= 0.6 is 0 Å². The summed E-state index contributed by atoms with van der Waals surface area (Å²) in [5.74, 6) is 2.68. The number of rotatable bonds is 2. The molecule has 0 fully saturated rings. The van der Waals surface area contributed by atoms with Gasteiger partial charge in [-0.3, -0.25) is 4.98 Å². The Balaban J connectivity index is 2.15. The SMILES string of the molecule is C#Cc1cccc(C2=C(c3ccncc3)C=CCN2)c1. The van der Waals surface area contributed by atoms with Gasteiger partial charge in [0.25, 0.3) is 0 Å². The van der Waals surface area contributed by atoms with Crippen molar-refractivity contribution in [3.63, 3.8) is 0 Å². The molecule has 1 aliphatic rings. The molecule has 20 heavy (non-hydrogen) atoms. The molecule has 1 aromatic carbocycles. The van der Waals surface area contributed by atoms with Crippen molar-refractivity contribution >= 4 is 11.3 Å². The molecule has 0 unspecified atom stereocenters. The quantitative estimate of drug-likeness (QED) is 0.837. The number of nitrogens with one attached hydrogen (secondary N) is 1. The summed E-state index contributed by atoms with van der Waals surface area (Å²) in [6, 6.07) is 12.1. The van der Waals surface area contributed by atoms with Crippen LogP contribution in [0.4, 0.5) is 0 Å². The number of benzene rings is 1. The minimum Gasteiger partial charge on any atom is -0.381 e. The van der Waals surface area contributed by atoms with E-state index in [1.54, 1.807) is 12.4 Å². The number of hydrogen-bond donors (Lipinski definition) is 1. The van der Waals surface area contributed by atoms with Crippen LogP contribution in [0.25, 0.3) is 11.3 Å². The van der Waals surface area contributed by atoms with E-state index in [2.05, 4.69) is 34.4 Å². The molecule has 3 rings (SSSR count). The van der Waals surface area contributed by atoms with Crippen LogP contribution in [0.5, 0.6) is 0 Å². The topological polar surface area (TPSA) is 24.9 Å². The Kier molecular flexibility index (Phi) is 3.34. The molecule has 0 amide bonds.